The van der Waals surface area contributed by atoms with Gasteiger partial charge in [-0.05, 0) is 74.5 Å². The molecule has 3 heterocycles. The van der Waals surface area contributed by atoms with E-state index in [0.717, 1.165) is 22.1 Å². The average molecular weight is 543 g/mol. The van der Waals surface area contributed by atoms with E-state index in [9.17, 15) is 14.4 Å². The number of rotatable bonds is 3. The number of fused-ring (bicyclic) bond motifs is 2. The molecule has 2 aromatic carbocycles. The number of alkyl carbamates (subject to hydrolysis) is 1. The second kappa shape index (κ2) is 11.1. The van der Waals surface area contributed by atoms with Gasteiger partial charge in [0.2, 0.25) is 5.91 Å². The molecule has 1 fully saturated rings. The van der Waals surface area contributed by atoms with Gasteiger partial charge < -0.3 is 18.9 Å². The van der Waals surface area contributed by atoms with Crippen LogP contribution in [0.15, 0.2) is 64.0 Å². The number of aliphatic imine (C=N–C) groups is 1. The Labute approximate surface area is 233 Å². The number of carbonyl (C=O) groups excluding carboxylic acids is 2. The second-order valence-electron chi connectivity index (χ2n) is 10.9. The second-order valence-corrected chi connectivity index (χ2v) is 10.9. The molecule has 1 saturated heterocycles. The van der Waals surface area contributed by atoms with Gasteiger partial charge in [-0.1, -0.05) is 18.2 Å². The fraction of sp³-hybridized carbons (Fsp3) is 0.355. The predicted octanol–water partition coefficient (Wildman–Crippen LogP) is 4.89. The number of aryl methyl sites for hydroxylation is 1. The monoisotopic (exact) mass is 542 g/mol. The van der Waals surface area contributed by atoms with Crippen LogP contribution in [0.25, 0.3) is 28.0 Å². The van der Waals surface area contributed by atoms with Crippen LogP contribution in [0.2, 0.25) is 0 Å². The van der Waals surface area contributed by atoms with Gasteiger partial charge in [-0.15, -0.1) is 0 Å². The van der Waals surface area contributed by atoms with Gasteiger partial charge in [-0.3, -0.25) is 14.9 Å². The van der Waals surface area contributed by atoms with Crippen LogP contribution in [0.3, 0.4) is 0 Å². The Bertz CT molecular complexity index is 1590. The minimum atomic E-state index is -0.681. The summed E-state index contributed by atoms with van der Waals surface area (Å²) >= 11 is 0. The maximum atomic E-state index is 13.4. The predicted molar refractivity (Wildman–Crippen MR) is 156 cm³/mol. The lowest BCUT2D eigenvalue weighted by atomic mass is 9.99. The summed E-state index contributed by atoms with van der Waals surface area (Å²) in [4.78, 5) is 45.3. The van der Waals surface area contributed by atoms with Crippen molar-refractivity contribution in [2.24, 2.45) is 4.99 Å². The number of amides is 2. The molecule has 5 rings (SSSR count). The van der Waals surface area contributed by atoms with E-state index in [1.807, 2.05) is 61.7 Å². The smallest absolute Gasteiger partial charge is 0.413 e. The molecule has 0 atom stereocenters. The summed E-state index contributed by atoms with van der Waals surface area (Å²) in [5, 5.41) is 4.28. The number of hydrogen-bond acceptors (Lipinski definition) is 6. The van der Waals surface area contributed by atoms with Crippen LogP contribution in [-0.2, 0) is 20.8 Å². The molecule has 9 heteroatoms. The van der Waals surface area contributed by atoms with Crippen LogP contribution in [0.1, 0.15) is 39.7 Å². The van der Waals surface area contributed by atoms with E-state index < -0.39 is 11.7 Å². The lowest BCUT2D eigenvalue weighted by Gasteiger charge is -2.28. The summed E-state index contributed by atoms with van der Waals surface area (Å²) in [5.41, 5.74) is 3.05. The third kappa shape index (κ3) is 5.99. The lowest BCUT2D eigenvalue weighted by molar-refractivity contribution is -0.131. The Hall–Kier alpha value is -4.24. The van der Waals surface area contributed by atoms with Gasteiger partial charge in [-0.2, -0.15) is 0 Å². The fourth-order valence-electron chi connectivity index (χ4n) is 4.86. The quantitative estimate of drug-likeness (QED) is 0.508. The highest BCUT2D eigenvalue weighted by Gasteiger charge is 2.26. The molecule has 0 bridgehead atoms. The molecule has 0 radical (unpaired) electrons. The number of nitrogens with one attached hydrogen (secondary N) is 1. The molecule has 3 aromatic rings. The molecular formula is C31H34N4O5. The Morgan fingerprint density at radius 1 is 1.05 bits per heavy atom. The van der Waals surface area contributed by atoms with Crippen LogP contribution >= 0.6 is 0 Å². The fourth-order valence-corrected chi connectivity index (χ4v) is 4.86. The number of ether oxygens (including phenoxy) is 2. The minimum Gasteiger partial charge on any atom is -0.444 e. The third-order valence-electron chi connectivity index (χ3n) is 6.84. The van der Waals surface area contributed by atoms with Crippen molar-refractivity contribution in [2.45, 2.75) is 46.3 Å². The molecule has 0 unspecified atom stereocenters. The lowest BCUT2D eigenvalue weighted by Crippen LogP contribution is -2.42. The van der Waals surface area contributed by atoms with E-state index in [4.69, 9.17) is 14.5 Å². The molecule has 2 aliphatic heterocycles. The van der Waals surface area contributed by atoms with Crippen molar-refractivity contribution < 1.29 is 19.1 Å². The number of amidine groups is 1. The molecule has 2 amide bonds. The maximum absolute atomic E-state index is 13.4. The number of morpholine rings is 1. The highest BCUT2D eigenvalue weighted by atomic mass is 16.6. The molecule has 9 nitrogen and oxygen atoms in total. The van der Waals surface area contributed by atoms with Crippen molar-refractivity contribution in [1.82, 2.24) is 14.8 Å². The first-order valence-electron chi connectivity index (χ1n) is 13.5. The highest BCUT2D eigenvalue weighted by molar-refractivity contribution is 6.08. The molecule has 0 saturated carbocycles. The standard InChI is InChI=1S/C31H34N4O5/c1-5-34-11-10-22-16-20(8-9-25(22)29(34)37)21-6-7-23-17-24(28(36)35-12-14-39-15-13-35)19-27(32-26(23)18-21)33-30(38)40-31(2,3)4/h6-11,16-18H,5,12-15,19H2,1-4H3,(H,32,33,38). The van der Waals surface area contributed by atoms with Crippen LogP contribution < -0.4 is 10.9 Å². The first-order valence-corrected chi connectivity index (χ1v) is 13.5. The summed E-state index contributed by atoms with van der Waals surface area (Å²) in [7, 11) is 0. The van der Waals surface area contributed by atoms with Crippen molar-refractivity contribution >= 4 is 40.4 Å². The van der Waals surface area contributed by atoms with E-state index in [1.54, 1.807) is 30.2 Å². The summed E-state index contributed by atoms with van der Waals surface area (Å²) in [5.74, 6) is 0.225. The number of nitrogens with zero attached hydrogens (tertiary/aromatic N) is 3. The SMILES string of the molecule is CCn1ccc2cc(-c3ccc4c(c3)N=C(NC(=O)OC(C)(C)C)CC(C(=O)N3CCOCC3)=C4)ccc2c1=O. The largest absolute Gasteiger partial charge is 0.444 e. The number of hydrogen-bond donors (Lipinski definition) is 1. The van der Waals surface area contributed by atoms with Crippen LogP contribution in [0.5, 0.6) is 0 Å². The van der Waals surface area contributed by atoms with Crippen LogP contribution in [0.4, 0.5) is 10.5 Å². The normalized spacial score (nSPS) is 15.6. The first-order chi connectivity index (χ1) is 19.1. The van der Waals surface area contributed by atoms with Gasteiger partial charge in [0.1, 0.15) is 11.4 Å². The van der Waals surface area contributed by atoms with Crippen molar-refractivity contribution in [2.75, 3.05) is 26.3 Å². The minimum absolute atomic E-state index is 0.0152. The Kier molecular flexibility index (Phi) is 7.58. The zero-order valence-electron chi connectivity index (χ0n) is 23.3. The van der Waals surface area contributed by atoms with E-state index in [0.29, 0.717) is 55.3 Å². The molecule has 1 N–H and O–H groups in total. The summed E-state index contributed by atoms with van der Waals surface area (Å²) in [6.07, 6.45) is 3.18. The van der Waals surface area contributed by atoms with E-state index in [2.05, 4.69) is 5.32 Å². The number of benzene rings is 2. The van der Waals surface area contributed by atoms with Crippen molar-refractivity contribution in [3.05, 3.63) is 70.2 Å². The number of pyridine rings is 1. The maximum Gasteiger partial charge on any atom is 0.413 e. The average Bonchev–Trinajstić information content (AvgIpc) is 3.10. The molecule has 208 valence electrons. The number of carbonyl (C=O) groups is 2. The Morgan fingerprint density at radius 3 is 2.50 bits per heavy atom. The Balaban J connectivity index is 1.53. The van der Waals surface area contributed by atoms with Gasteiger partial charge in [0.15, 0.2) is 0 Å². The summed E-state index contributed by atoms with van der Waals surface area (Å²) in [6.45, 7) is 9.94. The van der Waals surface area contributed by atoms with E-state index >= 15 is 0 Å². The van der Waals surface area contributed by atoms with Gasteiger partial charge in [0.05, 0.1) is 18.9 Å². The zero-order chi connectivity index (χ0) is 28.4. The molecule has 40 heavy (non-hydrogen) atoms. The van der Waals surface area contributed by atoms with Crippen molar-refractivity contribution in [1.29, 1.82) is 0 Å². The Morgan fingerprint density at radius 2 is 1.77 bits per heavy atom. The summed E-state index contributed by atoms with van der Waals surface area (Å²) < 4.78 is 12.5. The zero-order valence-corrected chi connectivity index (χ0v) is 23.3. The molecule has 2 aliphatic rings. The molecule has 1 aromatic heterocycles. The van der Waals surface area contributed by atoms with Gasteiger partial charge in [0.25, 0.3) is 5.56 Å². The van der Waals surface area contributed by atoms with Crippen molar-refractivity contribution in [3.8, 4) is 11.1 Å². The van der Waals surface area contributed by atoms with Gasteiger partial charge >= 0.3 is 6.09 Å². The van der Waals surface area contributed by atoms with Gasteiger partial charge in [0, 0.05) is 48.8 Å². The van der Waals surface area contributed by atoms with Crippen LogP contribution in [0, 0.1) is 0 Å². The first kappa shape index (κ1) is 27.3. The molecule has 0 aliphatic carbocycles. The molecule has 0 spiro atoms. The summed E-state index contributed by atoms with van der Waals surface area (Å²) in [6, 6.07) is 13.5. The third-order valence-corrected chi connectivity index (χ3v) is 6.84. The topological polar surface area (TPSA) is 102 Å². The van der Waals surface area contributed by atoms with E-state index in [1.165, 1.54) is 0 Å². The molecular weight excluding hydrogens is 508 g/mol. The van der Waals surface area contributed by atoms with Crippen molar-refractivity contribution in [3.63, 3.8) is 0 Å². The van der Waals surface area contributed by atoms with Crippen LogP contribution in [-0.4, -0.2) is 59.2 Å². The number of aromatic nitrogens is 1. The highest BCUT2D eigenvalue weighted by Crippen LogP contribution is 2.33. The van der Waals surface area contributed by atoms with E-state index in [-0.39, 0.29) is 17.9 Å². The van der Waals surface area contributed by atoms with Gasteiger partial charge in [-0.25, -0.2) is 9.79 Å².